The van der Waals surface area contributed by atoms with Gasteiger partial charge in [-0.15, -0.1) is 0 Å². The van der Waals surface area contributed by atoms with Gasteiger partial charge in [-0.05, 0) is 68.4 Å². The molecule has 4 aliphatic heterocycles. The summed E-state index contributed by atoms with van der Waals surface area (Å²) in [5, 5.41) is 16.5. The highest BCUT2D eigenvalue weighted by molar-refractivity contribution is 6.05. The van der Waals surface area contributed by atoms with Crippen molar-refractivity contribution in [1.82, 2.24) is 20.4 Å². The largest absolute Gasteiger partial charge is 0.388 e. The molecule has 2 atom stereocenters. The summed E-state index contributed by atoms with van der Waals surface area (Å²) in [5.41, 5.74) is 2.23. The molecule has 4 heterocycles. The van der Waals surface area contributed by atoms with E-state index in [1.807, 2.05) is 12.1 Å². The van der Waals surface area contributed by atoms with E-state index in [9.17, 15) is 19.5 Å². The van der Waals surface area contributed by atoms with Crippen LogP contribution in [0.3, 0.4) is 0 Å². The lowest BCUT2D eigenvalue weighted by atomic mass is 9.80. The fourth-order valence-electron chi connectivity index (χ4n) is 5.66. The van der Waals surface area contributed by atoms with Crippen molar-refractivity contribution in [3.05, 3.63) is 34.9 Å². The van der Waals surface area contributed by atoms with E-state index in [2.05, 4.69) is 21.6 Å². The van der Waals surface area contributed by atoms with Crippen molar-refractivity contribution in [1.29, 1.82) is 0 Å². The van der Waals surface area contributed by atoms with Crippen LogP contribution >= 0.6 is 0 Å². The lowest BCUT2D eigenvalue weighted by Crippen LogP contribution is -2.52. The van der Waals surface area contributed by atoms with Gasteiger partial charge in [0.25, 0.3) is 5.91 Å². The van der Waals surface area contributed by atoms with Crippen LogP contribution in [0.1, 0.15) is 53.6 Å². The number of nitrogens with one attached hydrogen (secondary N) is 2. The fourth-order valence-corrected chi connectivity index (χ4v) is 5.66. The molecule has 8 nitrogen and oxygen atoms in total. The number of fused-ring (bicyclic) bond motifs is 1. The summed E-state index contributed by atoms with van der Waals surface area (Å²) in [6.07, 6.45) is 3.51. The average Bonchev–Trinajstić information content (AvgIpc) is 3.33. The first-order valence-corrected chi connectivity index (χ1v) is 11.3. The molecule has 3 amide bonds. The van der Waals surface area contributed by atoms with Crippen LogP contribution in [0.15, 0.2) is 18.2 Å². The highest BCUT2D eigenvalue weighted by Crippen LogP contribution is 2.34. The third-order valence-electron chi connectivity index (χ3n) is 7.51. The van der Waals surface area contributed by atoms with Crippen LogP contribution in [0.2, 0.25) is 0 Å². The van der Waals surface area contributed by atoms with Gasteiger partial charge in [0, 0.05) is 31.6 Å². The summed E-state index contributed by atoms with van der Waals surface area (Å²) in [4.78, 5) is 40.5. The van der Waals surface area contributed by atoms with Gasteiger partial charge in [0.05, 0.1) is 5.60 Å². The molecular formula is C23H30N4O4. The van der Waals surface area contributed by atoms with Gasteiger partial charge < -0.3 is 15.3 Å². The standard InChI is InChI=1S/C23H30N4O4/c28-20-4-3-19(21(29)25-20)27-13-16-11-15(1-2-18(16)22(27)30)12-26-9-5-17(6-10-26)23(31)7-8-24-14-23/h1-2,11,17,19,24,31H,3-10,12-14H2,(H,25,28,29). The maximum atomic E-state index is 12.8. The number of imide groups is 1. The van der Waals surface area contributed by atoms with E-state index in [0.717, 1.165) is 56.6 Å². The zero-order valence-electron chi connectivity index (χ0n) is 17.7. The molecule has 0 aliphatic carbocycles. The van der Waals surface area contributed by atoms with Gasteiger partial charge in [-0.1, -0.05) is 12.1 Å². The van der Waals surface area contributed by atoms with Gasteiger partial charge in [0.1, 0.15) is 6.04 Å². The third kappa shape index (κ3) is 3.88. The molecule has 4 aliphatic rings. The number of nitrogens with zero attached hydrogens (tertiary/aromatic N) is 2. The van der Waals surface area contributed by atoms with Gasteiger partial charge in [-0.2, -0.15) is 0 Å². The summed E-state index contributed by atoms with van der Waals surface area (Å²) in [5.74, 6) is -0.416. The number of carbonyl (C=O) groups is 3. The van der Waals surface area contributed by atoms with Gasteiger partial charge in [-0.25, -0.2) is 0 Å². The third-order valence-corrected chi connectivity index (χ3v) is 7.51. The van der Waals surface area contributed by atoms with Gasteiger partial charge in [0.15, 0.2) is 0 Å². The van der Waals surface area contributed by atoms with Crippen LogP contribution in [-0.2, 0) is 22.7 Å². The molecule has 0 spiro atoms. The highest BCUT2D eigenvalue weighted by Gasteiger charge is 2.41. The number of β-amino-alcohol motifs (C(OH)–C–C–N with tert-alkyl or cyclic N) is 1. The maximum absolute atomic E-state index is 12.8. The van der Waals surface area contributed by atoms with E-state index in [1.54, 1.807) is 4.90 Å². The van der Waals surface area contributed by atoms with E-state index in [1.165, 1.54) is 0 Å². The van der Waals surface area contributed by atoms with Gasteiger partial charge >= 0.3 is 0 Å². The lowest BCUT2D eigenvalue weighted by Gasteiger charge is -2.39. The normalized spacial score (nSPS) is 30.0. The molecule has 0 radical (unpaired) electrons. The molecule has 1 aromatic carbocycles. The van der Waals surface area contributed by atoms with Crippen LogP contribution in [0.25, 0.3) is 0 Å². The molecule has 31 heavy (non-hydrogen) atoms. The molecule has 0 saturated carbocycles. The molecule has 3 fully saturated rings. The number of rotatable bonds is 4. The zero-order chi connectivity index (χ0) is 21.6. The number of benzene rings is 1. The first-order valence-electron chi connectivity index (χ1n) is 11.3. The van der Waals surface area contributed by atoms with E-state index < -0.39 is 11.6 Å². The smallest absolute Gasteiger partial charge is 0.255 e. The summed E-state index contributed by atoms with van der Waals surface area (Å²) >= 11 is 0. The Kier molecular flexibility index (Phi) is 5.32. The van der Waals surface area contributed by atoms with E-state index >= 15 is 0 Å². The Morgan fingerprint density at radius 2 is 1.94 bits per heavy atom. The van der Waals surface area contributed by atoms with Crippen LogP contribution in [0.4, 0.5) is 0 Å². The quantitative estimate of drug-likeness (QED) is 0.602. The maximum Gasteiger partial charge on any atom is 0.255 e. The zero-order valence-corrected chi connectivity index (χ0v) is 17.7. The molecule has 2 unspecified atom stereocenters. The van der Waals surface area contributed by atoms with Crippen molar-refractivity contribution >= 4 is 17.7 Å². The number of aliphatic hydroxyl groups is 1. The van der Waals surface area contributed by atoms with Crippen LogP contribution < -0.4 is 10.6 Å². The van der Waals surface area contributed by atoms with Crippen molar-refractivity contribution < 1.29 is 19.5 Å². The first-order chi connectivity index (χ1) is 14.9. The monoisotopic (exact) mass is 426 g/mol. The fraction of sp³-hybridized carbons (Fsp3) is 0.609. The number of hydrogen-bond acceptors (Lipinski definition) is 6. The Hall–Kier alpha value is -2.29. The van der Waals surface area contributed by atoms with E-state index in [0.29, 0.717) is 31.0 Å². The minimum atomic E-state index is -0.573. The predicted octanol–water partition coefficient (Wildman–Crippen LogP) is 0.384. The Balaban J connectivity index is 1.21. The number of likely N-dealkylation sites (tertiary alicyclic amines) is 1. The van der Waals surface area contributed by atoms with Crippen LogP contribution in [0.5, 0.6) is 0 Å². The summed E-state index contributed by atoms with van der Waals surface area (Å²) in [6, 6.07) is 5.39. The Morgan fingerprint density at radius 1 is 1.13 bits per heavy atom. The van der Waals surface area contributed by atoms with E-state index in [-0.39, 0.29) is 24.1 Å². The summed E-state index contributed by atoms with van der Waals surface area (Å²) in [6.45, 7) is 4.77. The van der Waals surface area contributed by atoms with Crippen molar-refractivity contribution in [2.75, 3.05) is 26.2 Å². The molecule has 8 heteroatoms. The molecule has 3 saturated heterocycles. The second-order valence-electron chi connectivity index (χ2n) is 9.47. The van der Waals surface area contributed by atoms with Crippen LogP contribution in [-0.4, -0.2) is 70.4 Å². The molecule has 166 valence electrons. The Morgan fingerprint density at radius 3 is 2.65 bits per heavy atom. The summed E-state index contributed by atoms with van der Waals surface area (Å²) < 4.78 is 0. The average molecular weight is 427 g/mol. The minimum absolute atomic E-state index is 0.129. The number of carbonyl (C=O) groups excluding carboxylic acids is 3. The molecule has 5 rings (SSSR count). The molecule has 3 N–H and O–H groups in total. The molecule has 1 aromatic rings. The SMILES string of the molecule is O=C1CCC(N2Cc3cc(CN4CCC(C5(O)CCNC5)CC4)ccc3C2=O)C(=O)N1. The van der Waals surface area contributed by atoms with E-state index in [4.69, 9.17) is 0 Å². The second-order valence-corrected chi connectivity index (χ2v) is 9.47. The van der Waals surface area contributed by atoms with Crippen LogP contribution in [0, 0.1) is 5.92 Å². The minimum Gasteiger partial charge on any atom is -0.388 e. The first kappa shape index (κ1) is 20.6. The Labute approximate surface area is 182 Å². The highest BCUT2D eigenvalue weighted by atomic mass is 16.3. The number of amides is 3. The molecule has 0 aromatic heterocycles. The van der Waals surface area contributed by atoms with Crippen molar-refractivity contribution in [3.63, 3.8) is 0 Å². The lowest BCUT2D eigenvalue weighted by molar-refractivity contribution is -0.136. The topological polar surface area (TPSA) is 102 Å². The number of piperidine rings is 2. The van der Waals surface area contributed by atoms with Gasteiger partial charge in [0.2, 0.25) is 11.8 Å². The Bertz CT molecular complexity index is 903. The predicted molar refractivity (Wildman–Crippen MR) is 113 cm³/mol. The molecular weight excluding hydrogens is 396 g/mol. The number of hydrogen-bond donors (Lipinski definition) is 3. The summed E-state index contributed by atoms with van der Waals surface area (Å²) in [7, 11) is 0. The van der Waals surface area contributed by atoms with Crippen molar-refractivity contribution in [3.8, 4) is 0 Å². The second kappa shape index (κ2) is 8.00. The van der Waals surface area contributed by atoms with Gasteiger partial charge in [-0.3, -0.25) is 24.6 Å². The van der Waals surface area contributed by atoms with Crippen molar-refractivity contribution in [2.45, 2.75) is 56.8 Å². The molecule has 0 bridgehead atoms. The van der Waals surface area contributed by atoms with Crippen molar-refractivity contribution in [2.24, 2.45) is 5.92 Å².